The normalized spacial score (nSPS) is 11.9. The van der Waals surface area contributed by atoms with E-state index in [0.717, 1.165) is 30.0 Å². The maximum atomic E-state index is 13.7. The lowest BCUT2D eigenvalue weighted by molar-refractivity contribution is -0.115. The lowest BCUT2D eigenvalue weighted by atomic mass is 10.3. The van der Waals surface area contributed by atoms with Crippen LogP contribution < -0.4 is 10.1 Å². The van der Waals surface area contributed by atoms with Gasteiger partial charge in [0.1, 0.15) is 17.4 Å². The van der Waals surface area contributed by atoms with Gasteiger partial charge in [0.25, 0.3) is 0 Å². The highest BCUT2D eigenvalue weighted by atomic mass is 32.2. The fourth-order valence-corrected chi connectivity index (χ4v) is 2.98. The van der Waals surface area contributed by atoms with E-state index in [9.17, 15) is 13.6 Å². The number of hydrogen-bond donors (Lipinski definition) is 1. The van der Waals surface area contributed by atoms with Crippen LogP contribution in [0.3, 0.4) is 0 Å². The Morgan fingerprint density at radius 1 is 1.22 bits per heavy atom. The number of rotatable bonds is 6. The van der Waals surface area contributed by atoms with Crippen molar-refractivity contribution in [3.8, 4) is 11.4 Å². The van der Waals surface area contributed by atoms with Crippen molar-refractivity contribution in [3.63, 3.8) is 0 Å². The molecule has 2 aromatic carbocycles. The third-order valence-electron chi connectivity index (χ3n) is 3.60. The zero-order valence-electron chi connectivity index (χ0n) is 14.4. The summed E-state index contributed by atoms with van der Waals surface area (Å²) < 4.78 is 33.5. The minimum absolute atomic E-state index is 0.220. The van der Waals surface area contributed by atoms with Crippen LogP contribution in [0.15, 0.2) is 47.6 Å². The van der Waals surface area contributed by atoms with Gasteiger partial charge in [0.15, 0.2) is 0 Å². The summed E-state index contributed by atoms with van der Waals surface area (Å²) in [4.78, 5) is 12.3. The van der Waals surface area contributed by atoms with Crippen molar-refractivity contribution in [2.45, 2.75) is 17.3 Å². The third-order valence-corrected chi connectivity index (χ3v) is 4.63. The molecule has 0 aliphatic heterocycles. The van der Waals surface area contributed by atoms with Crippen LogP contribution >= 0.6 is 11.8 Å². The number of tetrazole rings is 1. The van der Waals surface area contributed by atoms with E-state index in [1.165, 1.54) is 4.68 Å². The Balaban J connectivity index is 1.72. The highest BCUT2D eigenvalue weighted by Crippen LogP contribution is 2.25. The van der Waals surface area contributed by atoms with Crippen molar-refractivity contribution in [2.24, 2.45) is 0 Å². The van der Waals surface area contributed by atoms with Gasteiger partial charge in [0, 0.05) is 6.07 Å². The molecule has 7 nitrogen and oxygen atoms in total. The van der Waals surface area contributed by atoms with E-state index in [1.54, 1.807) is 38.3 Å². The number of thioether (sulfide) groups is 1. The molecule has 0 saturated carbocycles. The topological polar surface area (TPSA) is 81.9 Å². The Morgan fingerprint density at radius 3 is 2.67 bits per heavy atom. The van der Waals surface area contributed by atoms with Crippen molar-refractivity contribution in [2.75, 3.05) is 12.4 Å². The number of carbonyl (C=O) groups excluding carboxylic acids is 1. The van der Waals surface area contributed by atoms with Crippen molar-refractivity contribution >= 4 is 23.4 Å². The fourth-order valence-electron chi connectivity index (χ4n) is 2.18. The van der Waals surface area contributed by atoms with Crippen LogP contribution in [0.2, 0.25) is 0 Å². The molecule has 1 unspecified atom stereocenters. The molecule has 1 heterocycles. The summed E-state index contributed by atoms with van der Waals surface area (Å²) in [6.45, 7) is 1.62. The summed E-state index contributed by atoms with van der Waals surface area (Å²) in [6, 6.07) is 9.91. The number of nitrogens with zero attached hydrogens (tertiary/aromatic N) is 4. The first-order chi connectivity index (χ1) is 13.0. The fraction of sp³-hybridized carbons (Fsp3) is 0.176. The molecule has 1 atom stereocenters. The predicted octanol–water partition coefficient (Wildman–Crippen LogP) is 3.07. The molecule has 0 radical (unpaired) electrons. The van der Waals surface area contributed by atoms with E-state index in [1.807, 2.05) is 0 Å². The molecule has 0 aliphatic rings. The lowest BCUT2D eigenvalue weighted by Gasteiger charge is -2.12. The zero-order chi connectivity index (χ0) is 19.4. The molecule has 0 saturated heterocycles. The van der Waals surface area contributed by atoms with Crippen molar-refractivity contribution < 1.29 is 18.3 Å². The molecule has 0 bridgehead atoms. The van der Waals surface area contributed by atoms with E-state index < -0.39 is 22.8 Å². The zero-order valence-corrected chi connectivity index (χ0v) is 15.2. The summed E-state index contributed by atoms with van der Waals surface area (Å²) >= 11 is 1.09. The number of ether oxygens (including phenoxy) is 1. The summed E-state index contributed by atoms with van der Waals surface area (Å²) in [7, 11) is 1.56. The number of carbonyl (C=O) groups is 1. The number of nitrogens with one attached hydrogen (secondary N) is 1. The Labute approximate surface area is 157 Å². The number of amides is 1. The van der Waals surface area contributed by atoms with E-state index in [-0.39, 0.29) is 5.69 Å². The summed E-state index contributed by atoms with van der Waals surface area (Å²) in [6.07, 6.45) is 0. The first kappa shape index (κ1) is 18.8. The molecular weight excluding hydrogens is 376 g/mol. The molecule has 3 rings (SSSR count). The maximum Gasteiger partial charge on any atom is 0.237 e. The molecule has 0 fully saturated rings. The number of anilines is 1. The monoisotopic (exact) mass is 391 g/mol. The standard InChI is InChI=1S/C17H15F2N5O2S/c1-10(16(25)20-15-9-11(18)3-8-14(15)19)27-17-21-22-23-24(17)12-4-6-13(26-2)7-5-12/h3-10H,1-2H3,(H,20,25). The highest BCUT2D eigenvalue weighted by Gasteiger charge is 2.20. The van der Waals surface area contributed by atoms with Gasteiger partial charge in [-0.25, -0.2) is 8.78 Å². The van der Waals surface area contributed by atoms with Gasteiger partial charge in [-0.15, -0.1) is 5.10 Å². The molecule has 27 heavy (non-hydrogen) atoms. The number of methoxy groups -OCH3 is 1. The summed E-state index contributed by atoms with van der Waals surface area (Å²) in [5.74, 6) is -1.18. The molecule has 3 aromatic rings. The summed E-state index contributed by atoms with van der Waals surface area (Å²) in [5.41, 5.74) is 0.467. The van der Waals surface area contributed by atoms with Crippen molar-refractivity contribution in [3.05, 3.63) is 54.1 Å². The maximum absolute atomic E-state index is 13.7. The van der Waals surface area contributed by atoms with E-state index >= 15 is 0 Å². The predicted molar refractivity (Wildman–Crippen MR) is 96.0 cm³/mol. The minimum Gasteiger partial charge on any atom is -0.497 e. The largest absolute Gasteiger partial charge is 0.497 e. The Morgan fingerprint density at radius 2 is 1.96 bits per heavy atom. The SMILES string of the molecule is COc1ccc(-n2nnnc2SC(C)C(=O)Nc2cc(F)ccc2F)cc1. The number of aromatic nitrogens is 4. The van der Waals surface area contributed by atoms with Crippen molar-refractivity contribution in [1.29, 1.82) is 0 Å². The van der Waals surface area contributed by atoms with Crippen LogP contribution in [0.1, 0.15) is 6.92 Å². The van der Waals surface area contributed by atoms with Crippen LogP contribution in [-0.4, -0.2) is 38.5 Å². The first-order valence-corrected chi connectivity index (χ1v) is 8.71. The number of benzene rings is 2. The van der Waals surface area contributed by atoms with Gasteiger partial charge in [-0.3, -0.25) is 4.79 Å². The van der Waals surface area contributed by atoms with Gasteiger partial charge in [-0.2, -0.15) is 4.68 Å². The average Bonchev–Trinajstić information content (AvgIpc) is 3.12. The molecule has 1 aromatic heterocycles. The van der Waals surface area contributed by atoms with Gasteiger partial charge < -0.3 is 10.1 Å². The van der Waals surface area contributed by atoms with Crippen LogP contribution in [-0.2, 0) is 4.79 Å². The van der Waals surface area contributed by atoms with Crippen LogP contribution in [0, 0.1) is 11.6 Å². The van der Waals surface area contributed by atoms with E-state index in [2.05, 4.69) is 20.8 Å². The molecule has 1 amide bonds. The Kier molecular flexibility index (Phi) is 5.65. The van der Waals surface area contributed by atoms with Gasteiger partial charge in [0.05, 0.1) is 23.7 Å². The van der Waals surface area contributed by atoms with Gasteiger partial charge >= 0.3 is 0 Å². The molecule has 0 spiro atoms. The van der Waals surface area contributed by atoms with Gasteiger partial charge in [-0.05, 0) is 53.7 Å². The smallest absolute Gasteiger partial charge is 0.237 e. The van der Waals surface area contributed by atoms with Crippen LogP contribution in [0.4, 0.5) is 14.5 Å². The van der Waals surface area contributed by atoms with Gasteiger partial charge in [0.2, 0.25) is 11.1 Å². The Bertz CT molecular complexity index is 949. The Hall–Kier alpha value is -3.01. The molecule has 140 valence electrons. The molecule has 10 heteroatoms. The second-order valence-corrected chi connectivity index (χ2v) is 6.75. The summed E-state index contributed by atoms with van der Waals surface area (Å²) in [5, 5.41) is 13.6. The minimum atomic E-state index is -0.718. The molecular formula is C17H15F2N5O2S. The van der Waals surface area contributed by atoms with Crippen LogP contribution in [0.5, 0.6) is 5.75 Å². The number of hydrogen-bond acceptors (Lipinski definition) is 6. The third kappa shape index (κ3) is 4.40. The van der Waals surface area contributed by atoms with Crippen molar-refractivity contribution in [1.82, 2.24) is 20.2 Å². The first-order valence-electron chi connectivity index (χ1n) is 7.83. The quantitative estimate of drug-likeness (QED) is 0.651. The number of halogens is 2. The van der Waals surface area contributed by atoms with E-state index in [0.29, 0.717) is 16.6 Å². The lowest BCUT2D eigenvalue weighted by Crippen LogP contribution is -2.23. The molecule has 1 N–H and O–H groups in total. The van der Waals surface area contributed by atoms with Gasteiger partial charge in [-0.1, -0.05) is 11.8 Å². The van der Waals surface area contributed by atoms with E-state index in [4.69, 9.17) is 4.74 Å². The highest BCUT2D eigenvalue weighted by molar-refractivity contribution is 8.00. The van der Waals surface area contributed by atoms with Crippen LogP contribution in [0.25, 0.3) is 5.69 Å². The second kappa shape index (κ2) is 8.12. The second-order valence-electron chi connectivity index (χ2n) is 5.44. The molecule has 0 aliphatic carbocycles. The average molecular weight is 391 g/mol.